The molecule has 1 aromatic carbocycles. The summed E-state index contributed by atoms with van der Waals surface area (Å²) in [5.74, 6) is 0.358. The van der Waals surface area contributed by atoms with Crippen LogP contribution < -0.4 is 0 Å². The molecule has 4 rings (SSSR count). The second-order valence-corrected chi connectivity index (χ2v) is 8.79. The Bertz CT molecular complexity index is 778. The third kappa shape index (κ3) is 4.17. The minimum absolute atomic E-state index is 0.377. The third-order valence-corrected chi connectivity index (χ3v) is 6.77. The van der Waals surface area contributed by atoms with E-state index in [4.69, 9.17) is 5.11 Å². The fourth-order valence-electron chi connectivity index (χ4n) is 5.51. The molecule has 4 nitrogen and oxygen atoms in total. The van der Waals surface area contributed by atoms with Crippen LogP contribution in [0.15, 0.2) is 42.0 Å². The van der Waals surface area contributed by atoms with Gasteiger partial charge in [-0.1, -0.05) is 36.6 Å². The molecule has 2 bridgehead atoms. The molecular formula is C24H33NO3. The number of carbonyl (C=O) groups is 1. The van der Waals surface area contributed by atoms with Gasteiger partial charge in [0, 0.05) is 17.5 Å². The summed E-state index contributed by atoms with van der Waals surface area (Å²) in [5.41, 5.74) is 4.45. The molecule has 0 unspecified atom stereocenters. The van der Waals surface area contributed by atoms with E-state index in [0.717, 1.165) is 23.6 Å². The van der Waals surface area contributed by atoms with Gasteiger partial charge in [-0.2, -0.15) is 0 Å². The average Bonchev–Trinajstić information content (AvgIpc) is 2.65. The predicted octanol–water partition coefficient (Wildman–Crippen LogP) is 4.67. The largest absolute Gasteiger partial charge is 0.508 e. The minimum Gasteiger partial charge on any atom is -0.508 e. The van der Waals surface area contributed by atoms with Gasteiger partial charge in [0.2, 0.25) is 0 Å². The summed E-state index contributed by atoms with van der Waals surface area (Å²) in [6.45, 7) is 5.04. The van der Waals surface area contributed by atoms with E-state index in [0.29, 0.717) is 11.2 Å². The van der Waals surface area contributed by atoms with E-state index in [9.17, 15) is 9.90 Å². The number of rotatable bonds is 2. The van der Waals surface area contributed by atoms with Crippen LogP contribution in [0.1, 0.15) is 57.1 Å². The maximum atomic E-state index is 9.91. The van der Waals surface area contributed by atoms with Crippen molar-refractivity contribution in [2.75, 3.05) is 13.6 Å². The van der Waals surface area contributed by atoms with E-state index in [2.05, 4.69) is 24.1 Å². The highest BCUT2D eigenvalue weighted by atomic mass is 16.4. The zero-order valence-corrected chi connectivity index (χ0v) is 17.3. The van der Waals surface area contributed by atoms with Gasteiger partial charge in [-0.15, -0.1) is 0 Å². The summed E-state index contributed by atoms with van der Waals surface area (Å²) in [5, 5.41) is 18.0. The molecule has 1 saturated carbocycles. The average molecular weight is 384 g/mol. The minimum atomic E-state index is -0.910. The highest BCUT2D eigenvalue weighted by Gasteiger charge is 2.52. The summed E-state index contributed by atoms with van der Waals surface area (Å²) in [6, 6.07) is 6.85. The molecule has 1 aromatic rings. The van der Waals surface area contributed by atoms with Crippen molar-refractivity contribution in [3.05, 3.63) is 53.1 Å². The number of allylic oxidation sites excluding steroid dienone is 3. The number of phenols is 1. The van der Waals surface area contributed by atoms with Gasteiger partial charge in [-0.05, 0) is 82.3 Å². The first-order valence-electron chi connectivity index (χ1n) is 10.4. The predicted molar refractivity (Wildman–Crippen MR) is 113 cm³/mol. The van der Waals surface area contributed by atoms with E-state index < -0.39 is 5.97 Å². The van der Waals surface area contributed by atoms with Crippen LogP contribution in [0.5, 0.6) is 5.75 Å². The number of carboxylic acids is 1. The van der Waals surface area contributed by atoms with Gasteiger partial charge in [0.15, 0.2) is 0 Å². The second kappa shape index (κ2) is 8.52. The molecule has 0 spiro atoms. The van der Waals surface area contributed by atoms with E-state index in [-0.39, 0.29) is 0 Å². The Kier molecular flexibility index (Phi) is 6.29. The molecule has 0 amide bonds. The number of hydrogen-bond donors (Lipinski definition) is 2. The Hall–Kier alpha value is -2.07. The van der Waals surface area contributed by atoms with Crippen LogP contribution >= 0.6 is 0 Å². The maximum Gasteiger partial charge on any atom is 0.328 e. The molecule has 152 valence electrons. The van der Waals surface area contributed by atoms with Crippen molar-refractivity contribution in [2.24, 2.45) is 5.92 Å². The number of fused-ring (bicyclic) bond motifs is 1. The van der Waals surface area contributed by atoms with Crippen LogP contribution in [0, 0.1) is 5.92 Å². The van der Waals surface area contributed by atoms with Crippen molar-refractivity contribution in [1.82, 2.24) is 4.90 Å². The summed E-state index contributed by atoms with van der Waals surface area (Å²) >= 11 is 0. The molecule has 2 fully saturated rings. The van der Waals surface area contributed by atoms with Gasteiger partial charge >= 0.3 is 5.97 Å². The van der Waals surface area contributed by atoms with Gasteiger partial charge in [-0.25, -0.2) is 4.79 Å². The number of aromatic hydroxyl groups is 1. The maximum absolute atomic E-state index is 9.91. The number of phenolic OH excluding ortho intramolecular Hbond substituents is 1. The van der Waals surface area contributed by atoms with E-state index in [1.165, 1.54) is 62.3 Å². The number of likely N-dealkylation sites (N-methyl/N-ethyl adjacent to an activating group) is 1. The van der Waals surface area contributed by atoms with Gasteiger partial charge in [0.25, 0.3) is 0 Å². The Labute approximate surface area is 168 Å². The lowest BCUT2D eigenvalue weighted by Crippen LogP contribution is -2.59. The Morgan fingerprint density at radius 1 is 1.25 bits per heavy atom. The zero-order valence-electron chi connectivity index (χ0n) is 17.3. The first-order chi connectivity index (χ1) is 13.3. The Morgan fingerprint density at radius 2 is 2.04 bits per heavy atom. The van der Waals surface area contributed by atoms with Crippen molar-refractivity contribution >= 4 is 5.97 Å². The number of likely N-dealkylation sites (tertiary alicyclic amines) is 1. The lowest BCUT2D eigenvalue weighted by molar-refractivity contribution is -0.131. The molecule has 0 radical (unpaired) electrons. The van der Waals surface area contributed by atoms with Crippen LogP contribution in [-0.4, -0.2) is 40.7 Å². The van der Waals surface area contributed by atoms with Crippen LogP contribution in [0.25, 0.3) is 0 Å². The molecule has 1 aliphatic heterocycles. The van der Waals surface area contributed by atoms with Crippen molar-refractivity contribution in [3.8, 4) is 5.75 Å². The lowest BCUT2D eigenvalue weighted by atomic mass is 9.52. The smallest absolute Gasteiger partial charge is 0.328 e. The molecule has 3 aliphatic rings. The molecule has 1 saturated heterocycles. The fraction of sp³-hybridized carbons (Fsp3) is 0.542. The number of aliphatic carboxylic acids is 1. The summed E-state index contributed by atoms with van der Waals surface area (Å²) < 4.78 is 0. The Morgan fingerprint density at radius 3 is 2.75 bits per heavy atom. The first kappa shape index (κ1) is 20.7. The van der Waals surface area contributed by atoms with Crippen molar-refractivity contribution in [3.63, 3.8) is 0 Å². The Balaban J connectivity index is 0.000000215. The topological polar surface area (TPSA) is 60.8 Å². The number of benzene rings is 1. The summed E-state index contributed by atoms with van der Waals surface area (Å²) in [4.78, 5) is 12.5. The van der Waals surface area contributed by atoms with Crippen LogP contribution in [-0.2, 0) is 16.6 Å². The quantitative estimate of drug-likeness (QED) is 0.575. The molecular weight excluding hydrogens is 350 g/mol. The van der Waals surface area contributed by atoms with Gasteiger partial charge in [0.1, 0.15) is 5.75 Å². The highest BCUT2D eigenvalue weighted by Crippen LogP contribution is 2.55. The SMILES string of the molecule is CC(C)=C/C=C/C(=O)O.CN1CC[C@]23CCCC[C@H]2[C@H]1Cc1ccc(O)cc13. The van der Waals surface area contributed by atoms with Gasteiger partial charge in [-0.3, -0.25) is 0 Å². The molecule has 4 heteroatoms. The van der Waals surface area contributed by atoms with E-state index in [1.807, 2.05) is 19.9 Å². The first-order valence-corrected chi connectivity index (χ1v) is 10.4. The highest BCUT2D eigenvalue weighted by molar-refractivity contribution is 5.80. The third-order valence-electron chi connectivity index (χ3n) is 6.77. The van der Waals surface area contributed by atoms with Crippen LogP contribution in [0.2, 0.25) is 0 Å². The standard InChI is InChI=1S/C17H23NO.C7H10O2/c1-18-9-8-17-7-3-2-4-14(17)16(18)10-12-5-6-13(19)11-15(12)17;1-6(2)4-3-5-7(8)9/h5-6,11,14,16,19H,2-4,7-10H2,1H3;3-5H,1-2H3,(H,8,9)/b;5-3+/t14-,16+,17+;/m0./s1. The monoisotopic (exact) mass is 383 g/mol. The number of carboxylic acid groups (broad SMARTS) is 1. The fourth-order valence-corrected chi connectivity index (χ4v) is 5.51. The van der Waals surface area contributed by atoms with Crippen LogP contribution in [0.3, 0.4) is 0 Å². The summed E-state index contributed by atoms with van der Waals surface area (Å²) in [7, 11) is 2.30. The van der Waals surface area contributed by atoms with Gasteiger partial charge < -0.3 is 15.1 Å². The number of piperidine rings is 1. The summed E-state index contributed by atoms with van der Waals surface area (Å²) in [6.07, 6.45) is 12.3. The molecule has 2 N–H and O–H groups in total. The molecule has 0 aromatic heterocycles. The zero-order chi connectivity index (χ0) is 20.3. The van der Waals surface area contributed by atoms with Gasteiger partial charge in [0.05, 0.1) is 0 Å². The molecule has 2 aliphatic carbocycles. The van der Waals surface area contributed by atoms with Crippen molar-refractivity contribution in [1.29, 1.82) is 0 Å². The molecule has 28 heavy (non-hydrogen) atoms. The van der Waals surface area contributed by atoms with E-state index >= 15 is 0 Å². The molecule has 3 atom stereocenters. The molecule has 1 heterocycles. The normalized spacial score (nSPS) is 28.5. The van der Waals surface area contributed by atoms with Crippen molar-refractivity contribution < 1.29 is 15.0 Å². The van der Waals surface area contributed by atoms with Crippen LogP contribution in [0.4, 0.5) is 0 Å². The van der Waals surface area contributed by atoms with E-state index in [1.54, 1.807) is 6.08 Å². The van der Waals surface area contributed by atoms with Crippen molar-refractivity contribution in [2.45, 2.75) is 63.8 Å². The number of hydrogen-bond acceptors (Lipinski definition) is 3. The number of nitrogens with zero attached hydrogens (tertiary/aromatic N) is 1. The lowest BCUT2D eigenvalue weighted by Gasteiger charge is -2.58. The second-order valence-electron chi connectivity index (χ2n) is 8.79.